The normalized spacial score (nSPS) is 18.0. The van der Waals surface area contributed by atoms with Crippen LogP contribution in [0, 0.1) is 5.92 Å². The van der Waals surface area contributed by atoms with Crippen LogP contribution < -0.4 is 10.6 Å². The Balaban J connectivity index is 1.95. The van der Waals surface area contributed by atoms with Crippen LogP contribution in [-0.4, -0.2) is 23.6 Å². The molecule has 0 aromatic carbocycles. The van der Waals surface area contributed by atoms with Crippen LogP contribution in [0.25, 0.3) is 0 Å². The van der Waals surface area contributed by atoms with Crippen LogP contribution in [0.15, 0.2) is 17.5 Å². The highest BCUT2D eigenvalue weighted by Gasteiger charge is 2.30. The number of thiophene rings is 1. The molecule has 0 bridgehead atoms. The number of ether oxygens (including phenoxy) is 1. The highest BCUT2D eigenvalue weighted by Crippen LogP contribution is 2.37. The number of rotatable bonds is 5. The molecule has 0 unspecified atom stereocenters. The van der Waals surface area contributed by atoms with E-state index in [1.54, 1.807) is 39.0 Å². The molecule has 1 saturated carbocycles. The SMILES string of the molecule is C[C@@H](NC(=O)OC(C)(C)C)C(=O)N[C@@H](c1cccs1)C1CCCC1. The minimum absolute atomic E-state index is 0.0305. The first-order valence-electron chi connectivity index (χ1n) is 8.59. The maximum Gasteiger partial charge on any atom is 0.408 e. The Morgan fingerprint density at radius 3 is 2.46 bits per heavy atom. The molecule has 5 nitrogen and oxygen atoms in total. The quantitative estimate of drug-likeness (QED) is 0.841. The number of carbonyl (C=O) groups excluding carboxylic acids is 2. The van der Waals surface area contributed by atoms with Gasteiger partial charge in [0.15, 0.2) is 0 Å². The van der Waals surface area contributed by atoms with Crippen molar-refractivity contribution in [1.29, 1.82) is 0 Å². The van der Waals surface area contributed by atoms with E-state index in [9.17, 15) is 9.59 Å². The van der Waals surface area contributed by atoms with Gasteiger partial charge in [-0.15, -0.1) is 11.3 Å². The van der Waals surface area contributed by atoms with Crippen LogP contribution in [0.5, 0.6) is 0 Å². The number of alkyl carbamates (subject to hydrolysis) is 1. The van der Waals surface area contributed by atoms with Crippen molar-refractivity contribution >= 4 is 23.3 Å². The van der Waals surface area contributed by atoms with E-state index in [4.69, 9.17) is 4.74 Å². The van der Waals surface area contributed by atoms with E-state index < -0.39 is 17.7 Å². The van der Waals surface area contributed by atoms with Crippen molar-refractivity contribution in [3.63, 3.8) is 0 Å². The minimum atomic E-state index is -0.635. The summed E-state index contributed by atoms with van der Waals surface area (Å²) in [6.45, 7) is 7.07. The zero-order valence-electron chi connectivity index (χ0n) is 14.9. The maximum absolute atomic E-state index is 12.5. The Bertz CT molecular complexity index is 545. The van der Waals surface area contributed by atoms with E-state index in [0.717, 1.165) is 12.8 Å². The molecule has 1 aliphatic rings. The van der Waals surface area contributed by atoms with Gasteiger partial charge in [0, 0.05) is 4.88 Å². The van der Waals surface area contributed by atoms with Gasteiger partial charge in [-0.3, -0.25) is 4.79 Å². The van der Waals surface area contributed by atoms with Gasteiger partial charge in [0.05, 0.1) is 6.04 Å². The van der Waals surface area contributed by atoms with Gasteiger partial charge in [0.2, 0.25) is 5.91 Å². The third-order valence-electron chi connectivity index (χ3n) is 4.15. The summed E-state index contributed by atoms with van der Waals surface area (Å²) in [4.78, 5) is 25.5. The van der Waals surface area contributed by atoms with Crippen molar-refractivity contribution in [2.75, 3.05) is 0 Å². The molecular formula is C18H28N2O3S. The fraction of sp³-hybridized carbons (Fsp3) is 0.667. The first-order valence-corrected chi connectivity index (χ1v) is 9.47. The highest BCUT2D eigenvalue weighted by atomic mass is 32.1. The van der Waals surface area contributed by atoms with Crippen molar-refractivity contribution < 1.29 is 14.3 Å². The van der Waals surface area contributed by atoms with Gasteiger partial charge in [0.25, 0.3) is 0 Å². The second kappa shape index (κ2) is 8.01. The summed E-state index contributed by atoms with van der Waals surface area (Å²) in [6.07, 6.45) is 4.13. The van der Waals surface area contributed by atoms with Crippen molar-refractivity contribution in [3.8, 4) is 0 Å². The molecule has 1 heterocycles. The molecular weight excluding hydrogens is 324 g/mol. The van der Waals surface area contributed by atoms with Gasteiger partial charge in [-0.05, 0) is 57.9 Å². The predicted octanol–water partition coefficient (Wildman–Crippen LogP) is 4.01. The largest absolute Gasteiger partial charge is 0.444 e. The summed E-state index contributed by atoms with van der Waals surface area (Å²) >= 11 is 1.67. The van der Waals surface area contributed by atoms with Crippen LogP contribution in [0.1, 0.15) is 64.3 Å². The Morgan fingerprint density at radius 2 is 1.92 bits per heavy atom. The molecule has 134 valence electrons. The van der Waals surface area contributed by atoms with Crippen molar-refractivity contribution in [2.45, 2.75) is 71.1 Å². The van der Waals surface area contributed by atoms with Crippen LogP contribution >= 0.6 is 11.3 Å². The molecule has 0 radical (unpaired) electrons. The Hall–Kier alpha value is -1.56. The summed E-state index contributed by atoms with van der Waals surface area (Å²) in [5.74, 6) is 0.299. The molecule has 6 heteroatoms. The Morgan fingerprint density at radius 1 is 1.25 bits per heavy atom. The molecule has 0 spiro atoms. The van der Waals surface area contributed by atoms with Gasteiger partial charge in [-0.25, -0.2) is 4.79 Å². The summed E-state index contributed by atoms with van der Waals surface area (Å²) in [7, 11) is 0. The van der Waals surface area contributed by atoms with Crippen molar-refractivity contribution in [1.82, 2.24) is 10.6 Å². The van der Waals surface area contributed by atoms with E-state index in [-0.39, 0.29) is 11.9 Å². The summed E-state index contributed by atoms with van der Waals surface area (Å²) in [6, 6.07) is 3.47. The lowest BCUT2D eigenvalue weighted by molar-refractivity contribution is -0.123. The molecule has 2 amide bonds. The molecule has 1 aromatic heterocycles. The third-order valence-corrected chi connectivity index (χ3v) is 5.10. The highest BCUT2D eigenvalue weighted by molar-refractivity contribution is 7.10. The van der Waals surface area contributed by atoms with Gasteiger partial charge >= 0.3 is 6.09 Å². The molecule has 2 atom stereocenters. The molecule has 24 heavy (non-hydrogen) atoms. The maximum atomic E-state index is 12.5. The summed E-state index contributed by atoms with van der Waals surface area (Å²) in [5, 5.41) is 7.77. The number of amides is 2. The first-order chi connectivity index (χ1) is 11.3. The van der Waals surface area contributed by atoms with E-state index in [1.165, 1.54) is 17.7 Å². The van der Waals surface area contributed by atoms with Crippen LogP contribution in [0.2, 0.25) is 0 Å². The number of hydrogen-bond acceptors (Lipinski definition) is 4. The fourth-order valence-electron chi connectivity index (χ4n) is 3.01. The average molecular weight is 353 g/mol. The standard InChI is InChI=1S/C18H28N2O3S/c1-12(19-17(22)23-18(2,3)4)16(21)20-15(13-8-5-6-9-13)14-10-7-11-24-14/h7,10-13,15H,5-6,8-9H2,1-4H3,(H,19,22)(H,20,21)/t12-,15-/m1/s1. The third kappa shape index (κ3) is 5.51. The fourth-order valence-corrected chi connectivity index (χ4v) is 3.88. The number of hydrogen-bond donors (Lipinski definition) is 2. The van der Waals surface area contributed by atoms with Crippen LogP contribution in [-0.2, 0) is 9.53 Å². The van der Waals surface area contributed by atoms with E-state index in [2.05, 4.69) is 16.7 Å². The van der Waals surface area contributed by atoms with Crippen LogP contribution in [0.4, 0.5) is 4.79 Å². The molecule has 2 N–H and O–H groups in total. The smallest absolute Gasteiger partial charge is 0.408 e. The Kier molecular flexibility index (Phi) is 6.27. The zero-order chi connectivity index (χ0) is 17.7. The van der Waals surface area contributed by atoms with Crippen LogP contribution in [0.3, 0.4) is 0 Å². The van der Waals surface area contributed by atoms with Gasteiger partial charge < -0.3 is 15.4 Å². The second-order valence-corrected chi connectivity index (χ2v) is 8.39. The van der Waals surface area contributed by atoms with Gasteiger partial charge in [-0.1, -0.05) is 18.9 Å². The molecule has 1 fully saturated rings. The van der Waals surface area contributed by atoms with Crippen molar-refractivity contribution in [2.24, 2.45) is 5.92 Å². The molecule has 1 aliphatic carbocycles. The van der Waals surface area contributed by atoms with E-state index in [1.807, 2.05) is 11.4 Å². The van der Waals surface area contributed by atoms with E-state index >= 15 is 0 Å². The van der Waals surface area contributed by atoms with Gasteiger partial charge in [0.1, 0.15) is 11.6 Å². The Labute approximate surface area is 148 Å². The zero-order valence-corrected chi connectivity index (χ0v) is 15.7. The lowest BCUT2D eigenvalue weighted by atomic mass is 9.96. The first kappa shape index (κ1) is 18.8. The second-order valence-electron chi connectivity index (χ2n) is 7.41. The topological polar surface area (TPSA) is 67.4 Å². The lowest BCUT2D eigenvalue weighted by Gasteiger charge is -2.26. The van der Waals surface area contributed by atoms with Crippen molar-refractivity contribution in [3.05, 3.63) is 22.4 Å². The monoisotopic (exact) mass is 352 g/mol. The molecule has 2 rings (SSSR count). The molecule has 0 saturated heterocycles. The molecule has 1 aromatic rings. The van der Waals surface area contributed by atoms with E-state index in [0.29, 0.717) is 5.92 Å². The lowest BCUT2D eigenvalue weighted by Crippen LogP contribution is -2.48. The number of nitrogens with one attached hydrogen (secondary N) is 2. The minimum Gasteiger partial charge on any atom is -0.444 e. The number of carbonyl (C=O) groups is 2. The average Bonchev–Trinajstić information content (AvgIpc) is 3.15. The summed E-state index contributed by atoms with van der Waals surface area (Å²) < 4.78 is 5.21. The summed E-state index contributed by atoms with van der Waals surface area (Å²) in [5.41, 5.74) is -0.580. The predicted molar refractivity (Wildman–Crippen MR) is 96.0 cm³/mol. The van der Waals surface area contributed by atoms with Gasteiger partial charge in [-0.2, -0.15) is 0 Å². The molecule has 0 aliphatic heterocycles.